The van der Waals surface area contributed by atoms with Gasteiger partial charge in [0, 0.05) is 0 Å². The molecule has 0 radical (unpaired) electrons. The molecule has 0 aromatic carbocycles. The zero-order valence-electron chi connectivity index (χ0n) is 7.79. The molecule has 66 valence electrons. The van der Waals surface area contributed by atoms with Gasteiger partial charge in [0.05, 0.1) is 0 Å². The number of thiol groups is 2. The van der Waals surface area contributed by atoms with Crippen LogP contribution in [-0.4, -0.2) is 10.2 Å². The van der Waals surface area contributed by atoms with Crippen molar-refractivity contribution in [2.75, 3.05) is 0 Å². The van der Waals surface area contributed by atoms with Gasteiger partial charge in [-0.25, -0.2) is 0 Å². The fraction of sp³-hybridized carbons (Fsp3) is 0. The molecular weight excluding hydrogens is 236 g/mol. The molecule has 0 aromatic rings. The Morgan fingerprint density at radius 2 is 0.929 bits per heavy atom. The molecule has 0 aliphatic heterocycles. The van der Waals surface area contributed by atoms with Crippen molar-refractivity contribution in [1.29, 1.82) is 0 Å². The van der Waals surface area contributed by atoms with Crippen molar-refractivity contribution in [2.45, 2.75) is 0 Å². The Bertz CT molecular complexity index is 185. The molecule has 0 aliphatic carbocycles. The van der Waals surface area contributed by atoms with E-state index in [1.807, 2.05) is 0 Å². The minimum Gasteiger partial charge on any atom is -0.822 e. The summed E-state index contributed by atoms with van der Waals surface area (Å²) in [5, 5.41) is -1.64. The first-order valence-corrected chi connectivity index (χ1v) is 4.19. The first-order valence-electron chi connectivity index (χ1n) is 1.84. The zero-order valence-corrected chi connectivity index (χ0v) is 10.5. The first kappa shape index (κ1) is 29.7. The molecule has 6 nitrogen and oxygen atoms in total. The summed E-state index contributed by atoms with van der Waals surface area (Å²) >= 11 is 6.26. The summed E-state index contributed by atoms with van der Waals surface area (Å²) in [5.41, 5.74) is 0. The number of rotatable bonds is 1. The smallest absolute Gasteiger partial charge is 0.822 e. The molecule has 0 aromatic heterocycles. The fourth-order valence-electron chi connectivity index (χ4n) is 0. The van der Waals surface area contributed by atoms with Gasteiger partial charge in [0.1, 0.15) is 0 Å². The summed E-state index contributed by atoms with van der Waals surface area (Å²) in [4.78, 5) is 44.8. The second-order valence-corrected chi connectivity index (χ2v) is 2.76. The Labute approximate surface area is 128 Å². The van der Waals surface area contributed by atoms with E-state index < -0.39 is 18.1 Å². The van der Waals surface area contributed by atoms with E-state index >= 15 is 0 Å². The van der Waals surface area contributed by atoms with Crippen LogP contribution in [0.25, 0.3) is 0 Å². The van der Waals surface area contributed by atoms with Gasteiger partial charge in [-0.1, -0.05) is 25.3 Å². The van der Waals surface area contributed by atoms with Crippen molar-refractivity contribution in [3.8, 4) is 0 Å². The van der Waals surface area contributed by atoms with Crippen LogP contribution < -0.4 is 71.3 Å². The molecule has 0 unspecified atom stereocenters. The number of hydrogen-bond donors (Lipinski definition) is 2. The Morgan fingerprint density at radius 3 is 0.929 bits per heavy atom. The van der Waals surface area contributed by atoms with Crippen LogP contribution in [-0.2, 0) is 14.2 Å². The SMILES string of the molecule is O=C(S)C(=O)S.O=P([O-])([O-])[O-].[Li+].[Li+].[Li+]. The monoisotopic (exact) mass is 238 g/mol. The van der Waals surface area contributed by atoms with E-state index in [9.17, 15) is 9.59 Å². The van der Waals surface area contributed by atoms with Crippen molar-refractivity contribution in [3.05, 3.63) is 0 Å². The topological polar surface area (TPSA) is 120 Å². The Morgan fingerprint density at radius 1 is 0.857 bits per heavy atom. The van der Waals surface area contributed by atoms with Crippen molar-refractivity contribution >= 4 is 43.3 Å². The van der Waals surface area contributed by atoms with Crippen LogP contribution in [0.5, 0.6) is 0 Å². The van der Waals surface area contributed by atoms with Gasteiger partial charge in [0.15, 0.2) is 0 Å². The third-order valence-corrected chi connectivity index (χ3v) is 0.766. The number of carbonyl (C=O) groups excluding carboxylic acids is 2. The van der Waals surface area contributed by atoms with E-state index in [1.54, 1.807) is 0 Å². The number of hydrogen-bond acceptors (Lipinski definition) is 6. The molecule has 0 bridgehead atoms. The second-order valence-electron chi connectivity index (χ2n) is 1.06. The Hall–Kier alpha value is 1.94. The normalized spacial score (nSPS) is 7.50. The molecule has 0 heterocycles. The van der Waals surface area contributed by atoms with Crippen LogP contribution in [0.1, 0.15) is 0 Å². The Balaban J connectivity index is -0.0000000321. The second kappa shape index (κ2) is 14.9. The Kier molecular flexibility index (Phi) is 31.7. The molecule has 0 N–H and O–H groups in total. The molecule has 0 amide bonds. The molecule has 0 saturated carbocycles. The van der Waals surface area contributed by atoms with Gasteiger partial charge >= 0.3 is 56.6 Å². The molecule has 0 fully saturated rings. The van der Waals surface area contributed by atoms with Crippen LogP contribution in [0.2, 0.25) is 0 Å². The van der Waals surface area contributed by atoms with Crippen molar-refractivity contribution in [2.24, 2.45) is 0 Å². The molecule has 0 spiro atoms. The third kappa shape index (κ3) is 66.1. The van der Waals surface area contributed by atoms with Crippen molar-refractivity contribution < 1.29 is 85.4 Å². The van der Waals surface area contributed by atoms with E-state index in [2.05, 4.69) is 25.3 Å². The van der Waals surface area contributed by atoms with Gasteiger partial charge in [-0.3, -0.25) is 9.59 Å². The van der Waals surface area contributed by atoms with E-state index in [0.717, 1.165) is 0 Å². The maximum absolute atomic E-state index is 9.58. The maximum atomic E-state index is 9.58. The standard InChI is InChI=1S/C2H2O2S2.3Li.H3O4P/c3-1(5)2(4)6;;;;1-5(2,3)4/h(H,3,5)(H,4,6);;;;(H3,1,2,3,4)/q;3*+1;/p-3. The average molecular weight is 238 g/mol. The minimum atomic E-state index is -5.39. The fourth-order valence-corrected chi connectivity index (χ4v) is 0. The van der Waals surface area contributed by atoms with E-state index in [4.69, 9.17) is 19.2 Å². The van der Waals surface area contributed by atoms with E-state index in [-0.39, 0.29) is 56.6 Å². The predicted octanol–water partition coefficient (Wildman–Crippen LogP) is -11.9. The zero-order chi connectivity index (χ0) is 9.65. The van der Waals surface area contributed by atoms with Crippen LogP contribution in [0.15, 0.2) is 0 Å². The van der Waals surface area contributed by atoms with Crippen LogP contribution in [0.3, 0.4) is 0 Å². The van der Waals surface area contributed by atoms with Gasteiger partial charge in [-0.15, -0.1) is 0 Å². The van der Waals surface area contributed by atoms with Crippen molar-refractivity contribution in [3.63, 3.8) is 0 Å². The molecule has 0 saturated heterocycles. The molecule has 0 rings (SSSR count). The summed E-state index contributed by atoms with van der Waals surface area (Å²) in [7, 11) is -5.39. The molecular formula is C2H2Li3O6PS2. The van der Waals surface area contributed by atoms with Gasteiger partial charge in [0.2, 0.25) is 0 Å². The number of carbonyl (C=O) groups is 2. The van der Waals surface area contributed by atoms with Gasteiger partial charge < -0.3 is 19.2 Å². The summed E-state index contributed by atoms with van der Waals surface area (Å²) in [5.74, 6) is 0. The maximum Gasteiger partial charge on any atom is 1.00 e. The molecule has 14 heavy (non-hydrogen) atoms. The third-order valence-electron chi connectivity index (χ3n) is 0.183. The summed E-state index contributed by atoms with van der Waals surface area (Å²) in [6.45, 7) is 0. The predicted molar refractivity (Wildman–Crippen MR) is 35.6 cm³/mol. The summed E-state index contributed by atoms with van der Waals surface area (Å²) < 4.78 is 8.55. The summed E-state index contributed by atoms with van der Waals surface area (Å²) in [6.07, 6.45) is 0. The molecule has 0 atom stereocenters. The average Bonchev–Trinajstić information content (AvgIpc) is 1.59. The quantitative estimate of drug-likeness (QED) is 0.202. The van der Waals surface area contributed by atoms with Gasteiger partial charge in [-0.05, 0) is 0 Å². The summed E-state index contributed by atoms with van der Waals surface area (Å²) in [6, 6.07) is 0. The first-order chi connectivity index (χ1) is 4.64. The van der Waals surface area contributed by atoms with Crippen LogP contribution in [0.4, 0.5) is 0 Å². The molecule has 0 aliphatic rings. The van der Waals surface area contributed by atoms with Gasteiger partial charge in [-0.2, -0.15) is 7.82 Å². The molecule has 12 heteroatoms. The largest absolute Gasteiger partial charge is 1.00 e. The minimum absolute atomic E-state index is 0. The number of phosphoric acid groups is 1. The van der Waals surface area contributed by atoms with E-state index in [1.165, 1.54) is 0 Å². The van der Waals surface area contributed by atoms with Crippen LogP contribution >= 0.6 is 33.1 Å². The van der Waals surface area contributed by atoms with Crippen molar-refractivity contribution in [1.82, 2.24) is 0 Å². The van der Waals surface area contributed by atoms with Crippen LogP contribution in [0, 0.1) is 0 Å². The van der Waals surface area contributed by atoms with Gasteiger partial charge in [0.25, 0.3) is 10.2 Å². The van der Waals surface area contributed by atoms with E-state index in [0.29, 0.717) is 0 Å².